The fourth-order valence-corrected chi connectivity index (χ4v) is 2.52. The van der Waals surface area contributed by atoms with E-state index >= 15 is 0 Å². The Labute approximate surface area is 127 Å². The summed E-state index contributed by atoms with van der Waals surface area (Å²) in [6, 6.07) is 10.5. The lowest BCUT2D eigenvalue weighted by Gasteiger charge is -2.07. The molecule has 0 fully saturated rings. The van der Waals surface area contributed by atoms with Gasteiger partial charge in [0.25, 0.3) is 5.91 Å². The summed E-state index contributed by atoms with van der Waals surface area (Å²) in [6.45, 7) is 0. The summed E-state index contributed by atoms with van der Waals surface area (Å²) in [6.07, 6.45) is 1.09. The van der Waals surface area contributed by atoms with E-state index in [-0.39, 0.29) is 10.5 Å². The van der Waals surface area contributed by atoms with Gasteiger partial charge in [0.15, 0.2) is 9.84 Å². The standard InChI is InChI=1S/C14H13ClN2O3S/c1-21(19,20)11-4-2-3-9(7-11)14(18)17-10-5-6-13(16)12(15)8-10/h2-8H,16H2,1H3,(H,17,18). The molecule has 0 aliphatic carbocycles. The Morgan fingerprint density at radius 3 is 2.52 bits per heavy atom. The second-order valence-corrected chi connectivity index (χ2v) is 6.91. The van der Waals surface area contributed by atoms with E-state index in [4.69, 9.17) is 17.3 Å². The molecule has 2 aromatic rings. The summed E-state index contributed by atoms with van der Waals surface area (Å²) < 4.78 is 23.0. The summed E-state index contributed by atoms with van der Waals surface area (Å²) in [5.74, 6) is -0.429. The van der Waals surface area contributed by atoms with Crippen LogP contribution in [0, 0.1) is 0 Å². The van der Waals surface area contributed by atoms with Gasteiger partial charge in [0.1, 0.15) is 0 Å². The second-order valence-electron chi connectivity index (χ2n) is 4.49. The number of carbonyl (C=O) groups excluding carboxylic acids is 1. The van der Waals surface area contributed by atoms with Crippen molar-refractivity contribution >= 4 is 38.7 Å². The molecule has 0 aliphatic rings. The highest BCUT2D eigenvalue weighted by Gasteiger charge is 2.12. The highest BCUT2D eigenvalue weighted by Crippen LogP contribution is 2.23. The number of halogens is 1. The van der Waals surface area contributed by atoms with Crippen molar-refractivity contribution in [1.29, 1.82) is 0 Å². The Balaban J connectivity index is 2.26. The zero-order chi connectivity index (χ0) is 15.6. The molecule has 0 saturated carbocycles. The number of carbonyl (C=O) groups is 1. The molecule has 7 heteroatoms. The van der Waals surface area contributed by atoms with E-state index in [1.807, 2.05) is 0 Å². The first-order valence-electron chi connectivity index (χ1n) is 5.94. The van der Waals surface area contributed by atoms with Crippen LogP contribution in [0.15, 0.2) is 47.4 Å². The maximum atomic E-state index is 12.1. The van der Waals surface area contributed by atoms with Crippen molar-refractivity contribution in [3.05, 3.63) is 53.1 Å². The molecule has 0 bridgehead atoms. The average Bonchev–Trinajstić information content (AvgIpc) is 2.42. The molecular formula is C14H13ClN2O3S. The van der Waals surface area contributed by atoms with E-state index in [0.29, 0.717) is 16.4 Å². The van der Waals surface area contributed by atoms with Crippen molar-refractivity contribution in [2.45, 2.75) is 4.90 Å². The van der Waals surface area contributed by atoms with Crippen molar-refractivity contribution in [2.24, 2.45) is 0 Å². The molecule has 2 rings (SSSR count). The van der Waals surface area contributed by atoms with Gasteiger partial charge in [0, 0.05) is 17.5 Å². The lowest BCUT2D eigenvalue weighted by atomic mass is 10.2. The molecule has 0 spiro atoms. The van der Waals surface area contributed by atoms with Crippen LogP contribution in [-0.2, 0) is 9.84 Å². The topological polar surface area (TPSA) is 89.3 Å². The Morgan fingerprint density at radius 2 is 1.90 bits per heavy atom. The van der Waals surface area contributed by atoms with E-state index < -0.39 is 15.7 Å². The van der Waals surface area contributed by atoms with Crippen LogP contribution in [0.4, 0.5) is 11.4 Å². The molecule has 1 amide bonds. The minimum atomic E-state index is -3.36. The van der Waals surface area contributed by atoms with Gasteiger partial charge in [0.05, 0.1) is 15.6 Å². The number of rotatable bonds is 3. The van der Waals surface area contributed by atoms with Crippen molar-refractivity contribution in [1.82, 2.24) is 0 Å². The molecule has 0 radical (unpaired) electrons. The predicted octanol–water partition coefficient (Wildman–Crippen LogP) is 2.58. The summed E-state index contributed by atoms with van der Waals surface area (Å²) in [5, 5.41) is 2.96. The minimum Gasteiger partial charge on any atom is -0.398 e. The fraction of sp³-hybridized carbons (Fsp3) is 0.0714. The number of hydrogen-bond acceptors (Lipinski definition) is 4. The summed E-state index contributed by atoms with van der Waals surface area (Å²) in [4.78, 5) is 12.2. The molecule has 0 unspecified atom stereocenters. The van der Waals surface area contributed by atoms with Crippen molar-refractivity contribution in [3.63, 3.8) is 0 Å². The lowest BCUT2D eigenvalue weighted by Crippen LogP contribution is -2.12. The maximum absolute atomic E-state index is 12.1. The third-order valence-corrected chi connectivity index (χ3v) is 4.22. The van der Waals surface area contributed by atoms with E-state index in [0.717, 1.165) is 6.26 Å². The number of nitrogen functional groups attached to an aromatic ring is 1. The van der Waals surface area contributed by atoms with Crippen molar-refractivity contribution < 1.29 is 13.2 Å². The third kappa shape index (κ3) is 3.74. The van der Waals surface area contributed by atoms with Crippen LogP contribution in [0.3, 0.4) is 0 Å². The average molecular weight is 325 g/mol. The molecule has 3 N–H and O–H groups in total. The Kier molecular flexibility index (Phi) is 4.20. The summed E-state index contributed by atoms with van der Waals surface area (Å²) in [7, 11) is -3.36. The molecule has 0 saturated heterocycles. The molecule has 5 nitrogen and oxygen atoms in total. The van der Waals surface area contributed by atoms with Gasteiger partial charge in [-0.2, -0.15) is 0 Å². The zero-order valence-corrected chi connectivity index (χ0v) is 12.7. The third-order valence-electron chi connectivity index (χ3n) is 2.78. The first-order valence-corrected chi connectivity index (χ1v) is 8.21. The molecule has 0 atom stereocenters. The quantitative estimate of drug-likeness (QED) is 0.849. The Bertz CT molecular complexity index is 804. The van der Waals surface area contributed by atoms with Crippen LogP contribution < -0.4 is 11.1 Å². The van der Waals surface area contributed by atoms with Crippen molar-refractivity contribution in [2.75, 3.05) is 17.3 Å². The first-order chi connectivity index (χ1) is 9.77. The smallest absolute Gasteiger partial charge is 0.255 e. The molecular weight excluding hydrogens is 312 g/mol. The number of nitrogens with two attached hydrogens (primary N) is 1. The van der Waals surface area contributed by atoms with Gasteiger partial charge in [-0.25, -0.2) is 8.42 Å². The van der Waals surface area contributed by atoms with Gasteiger partial charge in [-0.1, -0.05) is 17.7 Å². The van der Waals surface area contributed by atoms with Crippen molar-refractivity contribution in [3.8, 4) is 0 Å². The van der Waals surface area contributed by atoms with Gasteiger partial charge >= 0.3 is 0 Å². The molecule has 2 aromatic carbocycles. The number of nitrogens with one attached hydrogen (secondary N) is 1. The normalized spacial score (nSPS) is 11.1. The lowest BCUT2D eigenvalue weighted by molar-refractivity contribution is 0.102. The van der Waals surface area contributed by atoms with E-state index in [1.165, 1.54) is 30.3 Å². The van der Waals surface area contributed by atoms with E-state index in [1.54, 1.807) is 12.1 Å². The number of anilines is 2. The minimum absolute atomic E-state index is 0.0884. The van der Waals surface area contributed by atoms with Crippen LogP contribution in [0.25, 0.3) is 0 Å². The highest BCUT2D eigenvalue weighted by molar-refractivity contribution is 7.90. The molecule has 110 valence electrons. The van der Waals surface area contributed by atoms with Gasteiger partial charge < -0.3 is 11.1 Å². The largest absolute Gasteiger partial charge is 0.398 e. The van der Waals surface area contributed by atoms with Gasteiger partial charge in [0.2, 0.25) is 0 Å². The monoisotopic (exact) mass is 324 g/mol. The first kappa shape index (κ1) is 15.3. The van der Waals surface area contributed by atoms with E-state index in [2.05, 4.69) is 5.32 Å². The molecule has 0 heterocycles. The Hall–Kier alpha value is -2.05. The predicted molar refractivity (Wildman–Crippen MR) is 83.4 cm³/mol. The molecule has 21 heavy (non-hydrogen) atoms. The van der Waals surface area contributed by atoms with Gasteiger partial charge in [-0.15, -0.1) is 0 Å². The van der Waals surface area contributed by atoms with Crippen LogP contribution in [-0.4, -0.2) is 20.6 Å². The Morgan fingerprint density at radius 1 is 1.19 bits per heavy atom. The maximum Gasteiger partial charge on any atom is 0.255 e. The number of sulfone groups is 1. The summed E-state index contributed by atoms with van der Waals surface area (Å²) >= 11 is 5.87. The van der Waals surface area contributed by atoms with Crippen LogP contribution in [0.2, 0.25) is 5.02 Å². The van der Waals surface area contributed by atoms with Gasteiger partial charge in [-0.05, 0) is 36.4 Å². The van der Waals surface area contributed by atoms with Crippen LogP contribution >= 0.6 is 11.6 Å². The molecule has 0 aliphatic heterocycles. The SMILES string of the molecule is CS(=O)(=O)c1cccc(C(=O)Nc2ccc(N)c(Cl)c2)c1. The van der Waals surface area contributed by atoms with Crippen LogP contribution in [0.5, 0.6) is 0 Å². The highest BCUT2D eigenvalue weighted by atomic mass is 35.5. The number of amides is 1. The van der Waals surface area contributed by atoms with Gasteiger partial charge in [-0.3, -0.25) is 4.79 Å². The number of benzene rings is 2. The zero-order valence-electron chi connectivity index (χ0n) is 11.1. The number of hydrogen-bond donors (Lipinski definition) is 2. The second kappa shape index (κ2) is 5.75. The molecule has 0 aromatic heterocycles. The van der Waals surface area contributed by atoms with E-state index in [9.17, 15) is 13.2 Å². The fourth-order valence-electron chi connectivity index (χ4n) is 1.68. The summed E-state index contributed by atoms with van der Waals surface area (Å²) in [5.41, 5.74) is 6.72. The van der Waals surface area contributed by atoms with Crippen LogP contribution in [0.1, 0.15) is 10.4 Å².